The molecule has 1 aliphatic rings. The molecule has 3 aromatic heterocycles. The zero-order chi connectivity index (χ0) is 22.8. The number of likely N-dealkylation sites (N-methyl/N-ethyl adjacent to an activating group) is 1. The number of anilines is 3. The molecule has 0 saturated carbocycles. The normalized spacial score (nSPS) is 14.5. The molecule has 1 aromatic carbocycles. The lowest BCUT2D eigenvalue weighted by Gasteiger charge is -2.34. The van der Waals surface area contributed by atoms with Gasteiger partial charge in [-0.15, -0.1) is 6.58 Å². The van der Waals surface area contributed by atoms with Gasteiger partial charge in [0.1, 0.15) is 5.39 Å². The summed E-state index contributed by atoms with van der Waals surface area (Å²) in [5.74, 6) is 1.02. The molecule has 1 saturated heterocycles. The van der Waals surface area contributed by atoms with Crippen LogP contribution < -0.4 is 15.8 Å². The Morgan fingerprint density at radius 3 is 2.55 bits per heavy atom. The Hall–Kier alpha value is -3.98. The maximum atomic E-state index is 12.9. The maximum absolute atomic E-state index is 12.9. The third-order valence-corrected chi connectivity index (χ3v) is 5.84. The summed E-state index contributed by atoms with van der Waals surface area (Å²) in [6, 6.07) is 13.8. The minimum Gasteiger partial charge on any atom is -0.369 e. The molecule has 4 heterocycles. The summed E-state index contributed by atoms with van der Waals surface area (Å²) in [5.41, 5.74) is 2.39. The molecule has 1 aliphatic heterocycles. The first-order chi connectivity index (χ1) is 16.1. The molecule has 1 N–H and O–H groups in total. The van der Waals surface area contributed by atoms with Gasteiger partial charge in [0.2, 0.25) is 5.95 Å². The van der Waals surface area contributed by atoms with Gasteiger partial charge in [-0.25, -0.2) is 19.3 Å². The standard InChI is InChI=1S/C24H26N8O/c1-3-12-31-23(33)20-17-26-24(28-22(20)32(31)21-6-4-5-11-25-21)27-18-7-9-19(10-8-18)30-15-13-29(2)14-16-30/h3-11,17H,1,12-16H2,2H3,(H,26,27,28). The van der Waals surface area contributed by atoms with Crippen LogP contribution in [0.4, 0.5) is 17.3 Å². The van der Waals surface area contributed by atoms with Crippen molar-refractivity contribution in [2.45, 2.75) is 6.54 Å². The predicted octanol–water partition coefficient (Wildman–Crippen LogP) is 2.66. The Labute approximate surface area is 191 Å². The molecule has 0 amide bonds. The number of piperazine rings is 1. The molecule has 5 rings (SSSR count). The van der Waals surface area contributed by atoms with E-state index in [2.05, 4.69) is 55.8 Å². The van der Waals surface area contributed by atoms with Crippen molar-refractivity contribution < 1.29 is 0 Å². The lowest BCUT2D eigenvalue weighted by atomic mass is 10.2. The van der Waals surface area contributed by atoms with E-state index < -0.39 is 0 Å². The van der Waals surface area contributed by atoms with Crippen LogP contribution in [0.3, 0.4) is 0 Å². The summed E-state index contributed by atoms with van der Waals surface area (Å²) >= 11 is 0. The first kappa shape index (κ1) is 20.9. The second kappa shape index (κ2) is 8.87. The van der Waals surface area contributed by atoms with Gasteiger partial charge in [-0.3, -0.25) is 4.79 Å². The molecule has 0 aliphatic carbocycles. The molecule has 0 bridgehead atoms. The number of hydrogen-bond donors (Lipinski definition) is 1. The number of pyridine rings is 1. The lowest BCUT2D eigenvalue weighted by Crippen LogP contribution is -2.44. The largest absolute Gasteiger partial charge is 0.369 e. The van der Waals surface area contributed by atoms with Crippen molar-refractivity contribution in [2.24, 2.45) is 0 Å². The lowest BCUT2D eigenvalue weighted by molar-refractivity contribution is 0.313. The van der Waals surface area contributed by atoms with Crippen LogP contribution in [-0.4, -0.2) is 62.4 Å². The van der Waals surface area contributed by atoms with E-state index in [1.54, 1.807) is 27.8 Å². The number of aromatic nitrogens is 5. The van der Waals surface area contributed by atoms with Gasteiger partial charge in [0, 0.05) is 49.9 Å². The number of nitrogens with zero attached hydrogens (tertiary/aromatic N) is 7. The fraction of sp³-hybridized carbons (Fsp3) is 0.250. The first-order valence-electron chi connectivity index (χ1n) is 11.0. The van der Waals surface area contributed by atoms with E-state index in [9.17, 15) is 4.79 Å². The van der Waals surface area contributed by atoms with Crippen molar-refractivity contribution in [1.29, 1.82) is 0 Å². The summed E-state index contributed by atoms with van der Waals surface area (Å²) in [6.07, 6.45) is 4.92. The molecule has 4 aromatic rings. The van der Waals surface area contributed by atoms with Gasteiger partial charge >= 0.3 is 0 Å². The molecule has 9 heteroatoms. The van der Waals surface area contributed by atoms with E-state index in [1.807, 2.05) is 30.3 Å². The maximum Gasteiger partial charge on any atom is 0.278 e. The summed E-state index contributed by atoms with van der Waals surface area (Å²) in [5, 5.41) is 3.69. The summed E-state index contributed by atoms with van der Waals surface area (Å²) < 4.78 is 3.27. The highest BCUT2D eigenvalue weighted by atomic mass is 16.1. The second-order valence-corrected chi connectivity index (χ2v) is 8.07. The van der Waals surface area contributed by atoms with Crippen LogP contribution in [-0.2, 0) is 6.54 Å². The van der Waals surface area contributed by atoms with Crippen molar-refractivity contribution in [3.63, 3.8) is 0 Å². The van der Waals surface area contributed by atoms with Crippen LogP contribution in [0.2, 0.25) is 0 Å². The summed E-state index contributed by atoms with van der Waals surface area (Å²) in [6.45, 7) is 8.29. The highest BCUT2D eigenvalue weighted by Crippen LogP contribution is 2.22. The number of hydrogen-bond acceptors (Lipinski definition) is 7. The topological polar surface area (TPSA) is 84.1 Å². The molecule has 1 fully saturated rings. The Morgan fingerprint density at radius 1 is 1.06 bits per heavy atom. The van der Waals surface area contributed by atoms with Crippen molar-refractivity contribution >= 4 is 28.4 Å². The zero-order valence-electron chi connectivity index (χ0n) is 18.6. The minimum absolute atomic E-state index is 0.182. The van der Waals surface area contributed by atoms with Crippen LogP contribution in [0.25, 0.3) is 16.9 Å². The van der Waals surface area contributed by atoms with Crippen LogP contribution in [0.1, 0.15) is 0 Å². The molecular formula is C24H26N8O. The zero-order valence-corrected chi connectivity index (χ0v) is 18.6. The van der Waals surface area contributed by atoms with Crippen LogP contribution >= 0.6 is 0 Å². The minimum atomic E-state index is -0.182. The Kier molecular flexibility index (Phi) is 5.62. The smallest absolute Gasteiger partial charge is 0.278 e. The monoisotopic (exact) mass is 442 g/mol. The highest BCUT2D eigenvalue weighted by Gasteiger charge is 2.18. The average Bonchev–Trinajstić information content (AvgIpc) is 3.12. The Balaban J connectivity index is 1.46. The number of fused-ring (bicyclic) bond motifs is 1. The SMILES string of the molecule is C=CCn1c(=O)c2cnc(Nc3ccc(N4CCN(C)CC4)cc3)nc2n1-c1ccccn1. The van der Waals surface area contributed by atoms with E-state index in [4.69, 9.17) is 0 Å². The van der Waals surface area contributed by atoms with E-state index in [1.165, 1.54) is 5.69 Å². The average molecular weight is 443 g/mol. The van der Waals surface area contributed by atoms with Crippen molar-refractivity contribution in [1.82, 2.24) is 29.2 Å². The highest BCUT2D eigenvalue weighted by molar-refractivity contribution is 5.77. The quantitative estimate of drug-likeness (QED) is 0.460. The van der Waals surface area contributed by atoms with E-state index >= 15 is 0 Å². The Morgan fingerprint density at radius 2 is 1.85 bits per heavy atom. The number of nitrogens with one attached hydrogen (secondary N) is 1. The van der Waals surface area contributed by atoms with Gasteiger partial charge < -0.3 is 15.1 Å². The number of benzene rings is 1. The number of rotatable bonds is 6. The number of allylic oxidation sites excluding steroid dienone is 1. The molecular weight excluding hydrogens is 416 g/mol. The van der Waals surface area contributed by atoms with Gasteiger partial charge in [-0.1, -0.05) is 12.1 Å². The fourth-order valence-corrected chi connectivity index (χ4v) is 4.04. The molecule has 0 spiro atoms. The summed E-state index contributed by atoms with van der Waals surface area (Å²) in [4.78, 5) is 31.1. The molecule has 0 atom stereocenters. The van der Waals surface area contributed by atoms with Gasteiger partial charge in [0.25, 0.3) is 5.56 Å². The van der Waals surface area contributed by atoms with Crippen LogP contribution in [0.5, 0.6) is 0 Å². The van der Waals surface area contributed by atoms with E-state index in [-0.39, 0.29) is 5.56 Å². The van der Waals surface area contributed by atoms with Gasteiger partial charge in [0.05, 0.1) is 6.54 Å². The third-order valence-electron chi connectivity index (χ3n) is 5.84. The first-order valence-corrected chi connectivity index (χ1v) is 11.0. The van der Waals surface area contributed by atoms with Crippen molar-refractivity contribution in [2.75, 3.05) is 43.4 Å². The molecule has 9 nitrogen and oxygen atoms in total. The van der Waals surface area contributed by atoms with Crippen LogP contribution in [0, 0.1) is 0 Å². The Bertz CT molecular complexity index is 1320. The fourth-order valence-electron chi connectivity index (χ4n) is 4.04. The van der Waals surface area contributed by atoms with Gasteiger partial charge in [-0.05, 0) is 43.4 Å². The summed E-state index contributed by atoms with van der Waals surface area (Å²) in [7, 11) is 2.15. The van der Waals surface area contributed by atoms with Crippen LogP contribution in [0.15, 0.2) is 72.3 Å². The predicted molar refractivity (Wildman–Crippen MR) is 131 cm³/mol. The van der Waals surface area contributed by atoms with E-state index in [0.717, 1.165) is 31.9 Å². The molecule has 168 valence electrons. The molecule has 33 heavy (non-hydrogen) atoms. The third kappa shape index (κ3) is 4.10. The second-order valence-electron chi connectivity index (χ2n) is 8.07. The van der Waals surface area contributed by atoms with Crippen molar-refractivity contribution in [3.8, 4) is 5.82 Å². The van der Waals surface area contributed by atoms with Gasteiger partial charge in [-0.2, -0.15) is 4.98 Å². The molecule has 0 unspecified atom stereocenters. The van der Waals surface area contributed by atoms with Crippen molar-refractivity contribution in [3.05, 3.63) is 77.9 Å². The van der Waals surface area contributed by atoms with E-state index in [0.29, 0.717) is 29.3 Å². The van der Waals surface area contributed by atoms with Gasteiger partial charge in [0.15, 0.2) is 11.5 Å². The molecule has 0 radical (unpaired) electrons.